The molecule has 0 radical (unpaired) electrons. The summed E-state index contributed by atoms with van der Waals surface area (Å²) in [6.45, 7) is 4.79. The van der Waals surface area contributed by atoms with Gasteiger partial charge in [0.15, 0.2) is 0 Å². The third-order valence-electron chi connectivity index (χ3n) is 5.08. The number of benzene rings is 1. The van der Waals surface area contributed by atoms with Crippen LogP contribution in [0.1, 0.15) is 29.6 Å². The molecule has 26 heavy (non-hydrogen) atoms. The van der Waals surface area contributed by atoms with Crippen molar-refractivity contribution in [2.45, 2.75) is 25.3 Å². The van der Waals surface area contributed by atoms with Gasteiger partial charge in [-0.1, -0.05) is 0 Å². The van der Waals surface area contributed by atoms with Crippen LogP contribution in [-0.2, 0) is 4.74 Å². The third kappa shape index (κ3) is 4.74. The topological polar surface area (TPSA) is 73.9 Å². The molecule has 1 atom stereocenters. The van der Waals surface area contributed by atoms with Gasteiger partial charge in [0, 0.05) is 50.6 Å². The zero-order chi connectivity index (χ0) is 18.4. The summed E-state index contributed by atoms with van der Waals surface area (Å²) in [7, 11) is 1.60. The normalized spacial score (nSPS) is 20.3. The van der Waals surface area contributed by atoms with Crippen LogP contribution in [0.2, 0.25) is 0 Å². The average molecular weight is 360 g/mol. The first-order valence-electron chi connectivity index (χ1n) is 9.34. The number of fused-ring (bicyclic) bond motifs is 1. The maximum atomic E-state index is 12.6. The minimum atomic E-state index is -0.145. The fraction of sp³-hybridized carbons (Fsp3) is 0.579. The summed E-state index contributed by atoms with van der Waals surface area (Å²) in [5.41, 5.74) is 1.27. The predicted octanol–water partition coefficient (Wildman–Crippen LogP) is 1.76. The van der Waals surface area contributed by atoms with E-state index in [-0.39, 0.29) is 11.9 Å². The Morgan fingerprint density at radius 3 is 2.69 bits per heavy atom. The molecule has 0 saturated carbocycles. The smallest absolute Gasteiger partial charge is 0.321 e. The number of rotatable bonds is 5. The van der Waals surface area contributed by atoms with Crippen molar-refractivity contribution in [1.29, 1.82) is 0 Å². The van der Waals surface area contributed by atoms with E-state index in [0.717, 1.165) is 32.6 Å². The van der Waals surface area contributed by atoms with Crippen LogP contribution in [0.5, 0.6) is 0 Å². The average Bonchev–Trinajstić information content (AvgIpc) is 2.99. The summed E-state index contributed by atoms with van der Waals surface area (Å²) in [6, 6.07) is 7.42. The highest BCUT2D eigenvalue weighted by Crippen LogP contribution is 2.22. The van der Waals surface area contributed by atoms with Crippen LogP contribution in [0.15, 0.2) is 24.3 Å². The van der Waals surface area contributed by atoms with Crippen LogP contribution >= 0.6 is 0 Å². The molecule has 0 bridgehead atoms. The molecule has 0 aliphatic carbocycles. The molecule has 2 saturated heterocycles. The van der Waals surface area contributed by atoms with E-state index >= 15 is 0 Å². The van der Waals surface area contributed by atoms with E-state index in [1.165, 1.54) is 12.8 Å². The number of hydrogen-bond donors (Lipinski definition) is 2. The summed E-state index contributed by atoms with van der Waals surface area (Å²) in [5, 5.41) is 5.73. The lowest BCUT2D eigenvalue weighted by Gasteiger charge is -2.25. The van der Waals surface area contributed by atoms with Crippen LogP contribution in [0.3, 0.4) is 0 Å². The molecule has 0 unspecified atom stereocenters. The van der Waals surface area contributed by atoms with Gasteiger partial charge in [-0.3, -0.25) is 9.69 Å². The highest BCUT2D eigenvalue weighted by molar-refractivity contribution is 5.95. The zero-order valence-corrected chi connectivity index (χ0v) is 15.4. The van der Waals surface area contributed by atoms with Crippen molar-refractivity contribution in [2.75, 3.05) is 51.8 Å². The van der Waals surface area contributed by atoms with E-state index in [0.29, 0.717) is 30.4 Å². The van der Waals surface area contributed by atoms with Crippen molar-refractivity contribution in [1.82, 2.24) is 15.1 Å². The van der Waals surface area contributed by atoms with Gasteiger partial charge in [0.1, 0.15) is 0 Å². The first kappa shape index (κ1) is 18.7. The Morgan fingerprint density at radius 2 is 1.92 bits per heavy atom. The van der Waals surface area contributed by atoms with Gasteiger partial charge in [-0.25, -0.2) is 4.79 Å². The van der Waals surface area contributed by atoms with Crippen molar-refractivity contribution >= 4 is 17.6 Å². The summed E-state index contributed by atoms with van der Waals surface area (Å²) >= 11 is 0. The molecule has 2 aliphatic heterocycles. The lowest BCUT2D eigenvalue weighted by molar-refractivity contribution is 0.0937. The zero-order valence-electron chi connectivity index (χ0n) is 15.4. The second-order valence-corrected chi connectivity index (χ2v) is 6.89. The van der Waals surface area contributed by atoms with Crippen molar-refractivity contribution in [2.24, 2.45) is 0 Å². The predicted molar refractivity (Wildman–Crippen MR) is 100 cm³/mol. The van der Waals surface area contributed by atoms with Gasteiger partial charge in [-0.15, -0.1) is 0 Å². The molecule has 2 N–H and O–H groups in total. The highest BCUT2D eigenvalue weighted by atomic mass is 16.5. The standard InChI is InChI=1S/C19H28N4O3/c1-26-13-9-20-18(24)15-5-7-16(8-6-15)21-19(25)23-12-3-11-22-10-2-4-17(22)14-23/h5-8,17H,2-4,9-14H2,1H3,(H,20,24)(H,21,25)/t17-/m0/s1. The molecule has 1 aromatic rings. The van der Waals surface area contributed by atoms with E-state index in [2.05, 4.69) is 15.5 Å². The number of carbonyl (C=O) groups excluding carboxylic acids is 2. The second kappa shape index (κ2) is 9.00. The van der Waals surface area contributed by atoms with Crippen molar-refractivity contribution < 1.29 is 14.3 Å². The Kier molecular flexibility index (Phi) is 6.46. The summed E-state index contributed by atoms with van der Waals surface area (Å²) < 4.78 is 4.91. The lowest BCUT2D eigenvalue weighted by Crippen LogP contribution is -2.41. The summed E-state index contributed by atoms with van der Waals surface area (Å²) in [6.07, 6.45) is 3.43. The van der Waals surface area contributed by atoms with Gasteiger partial charge >= 0.3 is 6.03 Å². The Morgan fingerprint density at radius 1 is 1.15 bits per heavy atom. The molecule has 7 heteroatoms. The number of urea groups is 1. The molecule has 0 aromatic heterocycles. The number of carbonyl (C=O) groups is 2. The molecule has 0 spiro atoms. The molecule has 3 amide bonds. The number of ether oxygens (including phenoxy) is 1. The molecule has 3 rings (SSSR count). The molecule has 2 heterocycles. The maximum Gasteiger partial charge on any atom is 0.321 e. The summed E-state index contributed by atoms with van der Waals surface area (Å²) in [4.78, 5) is 29.0. The minimum absolute atomic E-state index is 0.0592. The monoisotopic (exact) mass is 360 g/mol. The number of hydrogen-bond acceptors (Lipinski definition) is 4. The summed E-state index contributed by atoms with van der Waals surface area (Å²) in [5.74, 6) is -0.145. The van der Waals surface area contributed by atoms with Crippen LogP contribution < -0.4 is 10.6 Å². The molecular weight excluding hydrogens is 332 g/mol. The Labute approximate surface area is 154 Å². The number of amides is 3. The number of methoxy groups -OCH3 is 1. The van der Waals surface area contributed by atoms with E-state index in [1.54, 1.807) is 31.4 Å². The van der Waals surface area contributed by atoms with Gasteiger partial charge < -0.3 is 20.3 Å². The fourth-order valence-electron chi connectivity index (χ4n) is 3.67. The number of nitrogens with zero attached hydrogens (tertiary/aromatic N) is 2. The molecular formula is C19H28N4O3. The molecule has 2 fully saturated rings. The third-order valence-corrected chi connectivity index (χ3v) is 5.08. The van der Waals surface area contributed by atoms with Gasteiger partial charge in [0.05, 0.1) is 6.61 Å². The molecule has 2 aliphatic rings. The highest BCUT2D eigenvalue weighted by Gasteiger charge is 2.30. The SMILES string of the molecule is COCCNC(=O)c1ccc(NC(=O)N2CCCN3CCC[C@H]3C2)cc1. The first-order chi connectivity index (χ1) is 12.7. The molecule has 7 nitrogen and oxygen atoms in total. The Balaban J connectivity index is 1.53. The Hall–Kier alpha value is -2.12. The maximum absolute atomic E-state index is 12.6. The number of nitrogens with one attached hydrogen (secondary N) is 2. The van der Waals surface area contributed by atoms with Gasteiger partial charge in [0.25, 0.3) is 5.91 Å². The first-order valence-corrected chi connectivity index (χ1v) is 9.34. The van der Waals surface area contributed by atoms with Crippen LogP contribution in [-0.4, -0.2) is 74.2 Å². The van der Waals surface area contributed by atoms with Crippen LogP contribution in [0.25, 0.3) is 0 Å². The van der Waals surface area contributed by atoms with Crippen molar-refractivity contribution in [3.8, 4) is 0 Å². The largest absolute Gasteiger partial charge is 0.383 e. The van der Waals surface area contributed by atoms with Crippen molar-refractivity contribution in [3.63, 3.8) is 0 Å². The fourth-order valence-corrected chi connectivity index (χ4v) is 3.67. The van der Waals surface area contributed by atoms with Gasteiger partial charge in [-0.2, -0.15) is 0 Å². The molecule has 142 valence electrons. The quantitative estimate of drug-likeness (QED) is 0.785. The van der Waals surface area contributed by atoms with E-state index in [4.69, 9.17) is 4.74 Å². The van der Waals surface area contributed by atoms with Crippen molar-refractivity contribution in [3.05, 3.63) is 29.8 Å². The van der Waals surface area contributed by atoms with Crippen LogP contribution in [0, 0.1) is 0 Å². The van der Waals surface area contributed by atoms with Gasteiger partial charge in [-0.05, 0) is 50.1 Å². The van der Waals surface area contributed by atoms with Crippen LogP contribution in [0.4, 0.5) is 10.5 Å². The van der Waals surface area contributed by atoms with E-state index in [1.807, 2.05) is 4.90 Å². The lowest BCUT2D eigenvalue weighted by atomic mass is 10.2. The van der Waals surface area contributed by atoms with E-state index in [9.17, 15) is 9.59 Å². The second-order valence-electron chi connectivity index (χ2n) is 6.89. The minimum Gasteiger partial charge on any atom is -0.383 e. The molecule has 1 aromatic carbocycles. The van der Waals surface area contributed by atoms with Gasteiger partial charge in [0.2, 0.25) is 0 Å². The number of anilines is 1. The Bertz CT molecular complexity index is 620. The van der Waals surface area contributed by atoms with E-state index < -0.39 is 0 Å².